The van der Waals surface area contributed by atoms with Crippen molar-refractivity contribution in [2.45, 2.75) is 64.6 Å². The molecule has 7 nitrogen and oxygen atoms in total. The molecule has 3 rings (SSSR count). The number of phenols is 1. The van der Waals surface area contributed by atoms with Crippen molar-refractivity contribution in [3.63, 3.8) is 0 Å². The molecule has 2 aromatic carbocycles. The lowest BCUT2D eigenvalue weighted by Crippen LogP contribution is -2.38. The number of nitrogens with one attached hydrogen (secondary N) is 1. The van der Waals surface area contributed by atoms with Crippen LogP contribution < -0.4 is 4.87 Å². The molecule has 0 saturated heterocycles. The molecular weight excluding hydrogens is 544 g/mol. The smallest absolute Gasteiger partial charge is 0.410 e. The summed E-state index contributed by atoms with van der Waals surface area (Å²) < 4.78 is 6.23. The Labute approximate surface area is 237 Å². The van der Waals surface area contributed by atoms with E-state index in [9.17, 15) is 19.8 Å². The number of fused-ring (bicyclic) bond motifs is 1. The number of aromatic hydroxyl groups is 1. The van der Waals surface area contributed by atoms with E-state index < -0.39 is 11.7 Å². The molecule has 3 N–H and O–H groups in total. The van der Waals surface area contributed by atoms with E-state index in [-0.39, 0.29) is 16.7 Å². The highest BCUT2D eigenvalue weighted by Gasteiger charge is 2.22. The second-order valence-corrected chi connectivity index (χ2v) is 12.8. The number of phenolic OH excluding ortho intramolecular Hbond substituents is 1. The van der Waals surface area contributed by atoms with Crippen LogP contribution >= 0.6 is 34.7 Å². The number of H-pyrrole nitrogens is 1. The number of halogens is 1. The summed E-state index contributed by atoms with van der Waals surface area (Å²) in [7, 11) is 0. The van der Waals surface area contributed by atoms with E-state index in [0.717, 1.165) is 47.7 Å². The van der Waals surface area contributed by atoms with Crippen molar-refractivity contribution >= 4 is 51.0 Å². The zero-order chi connectivity index (χ0) is 27.7. The predicted octanol–water partition coefficient (Wildman–Crippen LogP) is 6.76. The number of carbonyl (C=O) groups is 1. The van der Waals surface area contributed by atoms with Crippen LogP contribution in [0, 0.1) is 0 Å². The number of thiazole rings is 1. The first kappa shape index (κ1) is 30.3. The van der Waals surface area contributed by atoms with Gasteiger partial charge in [-0.1, -0.05) is 47.2 Å². The highest BCUT2D eigenvalue weighted by molar-refractivity contribution is 7.99. The summed E-state index contributed by atoms with van der Waals surface area (Å²) in [6.07, 6.45) is 2.91. The van der Waals surface area contributed by atoms with Crippen molar-refractivity contribution in [1.29, 1.82) is 0 Å². The second kappa shape index (κ2) is 14.3. The molecule has 1 aromatic heterocycles. The number of nitrogens with zero attached hydrogens (tertiary/aromatic N) is 1. The van der Waals surface area contributed by atoms with Crippen LogP contribution in [0.1, 0.15) is 63.7 Å². The van der Waals surface area contributed by atoms with Gasteiger partial charge in [0.15, 0.2) is 0 Å². The molecule has 38 heavy (non-hydrogen) atoms. The minimum absolute atomic E-state index is 0.0137. The summed E-state index contributed by atoms with van der Waals surface area (Å²) in [6, 6.07) is 10.9. The maximum absolute atomic E-state index is 12.8. The van der Waals surface area contributed by atoms with Gasteiger partial charge in [-0.3, -0.25) is 4.79 Å². The normalized spacial score (nSPS) is 12.6. The van der Waals surface area contributed by atoms with Gasteiger partial charge in [0.2, 0.25) is 0 Å². The number of hydrogen-bond acceptors (Lipinski definition) is 7. The fraction of sp³-hybridized carbons (Fsp3) is 0.500. The van der Waals surface area contributed by atoms with Gasteiger partial charge in [-0.15, -0.1) is 0 Å². The Morgan fingerprint density at radius 1 is 1.13 bits per heavy atom. The Hall–Kier alpha value is -2.20. The number of benzene rings is 2. The average molecular weight is 581 g/mol. The van der Waals surface area contributed by atoms with Crippen LogP contribution in [-0.2, 0) is 11.2 Å². The Balaban J connectivity index is 1.39. The van der Waals surface area contributed by atoms with Crippen molar-refractivity contribution in [2.24, 2.45) is 0 Å². The maximum atomic E-state index is 12.8. The number of aromatic nitrogens is 1. The molecule has 0 aliphatic carbocycles. The molecule has 0 aliphatic rings. The van der Waals surface area contributed by atoms with Crippen molar-refractivity contribution in [2.75, 3.05) is 24.6 Å². The van der Waals surface area contributed by atoms with Gasteiger partial charge >= 0.3 is 11.0 Å². The molecule has 0 unspecified atom stereocenters. The van der Waals surface area contributed by atoms with Crippen LogP contribution in [0.4, 0.5) is 4.79 Å². The number of thioether (sulfide) groups is 1. The van der Waals surface area contributed by atoms with Crippen LogP contribution in [-0.4, -0.2) is 56.4 Å². The Morgan fingerprint density at radius 2 is 1.87 bits per heavy atom. The topological polar surface area (TPSA) is 103 Å². The molecule has 1 atom stereocenters. The van der Waals surface area contributed by atoms with Crippen molar-refractivity contribution in [1.82, 2.24) is 9.88 Å². The lowest BCUT2D eigenvalue weighted by atomic mass is 10.0. The Kier molecular flexibility index (Phi) is 11.4. The van der Waals surface area contributed by atoms with Crippen LogP contribution in [0.2, 0.25) is 5.02 Å². The summed E-state index contributed by atoms with van der Waals surface area (Å²) in [6.45, 7) is 6.76. The summed E-state index contributed by atoms with van der Waals surface area (Å²) >= 11 is 9.13. The fourth-order valence-electron chi connectivity index (χ4n) is 4.04. The Bertz CT molecular complexity index is 1250. The summed E-state index contributed by atoms with van der Waals surface area (Å²) in [4.78, 5) is 28.6. The summed E-state index contributed by atoms with van der Waals surface area (Å²) in [5.41, 5.74) is 1.52. The van der Waals surface area contributed by atoms with E-state index >= 15 is 0 Å². The highest BCUT2D eigenvalue weighted by atomic mass is 35.5. The molecule has 208 valence electrons. The molecule has 0 radical (unpaired) electrons. The van der Waals surface area contributed by atoms with E-state index in [1.165, 1.54) is 6.07 Å². The zero-order valence-corrected chi connectivity index (χ0v) is 24.6. The molecule has 0 saturated carbocycles. The number of unbranched alkanes of at least 4 members (excludes halogenated alkanes) is 1. The first-order valence-electron chi connectivity index (χ1n) is 12.9. The van der Waals surface area contributed by atoms with Crippen molar-refractivity contribution in [3.8, 4) is 5.75 Å². The number of aliphatic hydroxyl groups is 1. The SMILES string of the molecule is CC(C)(C)OC(=O)N(CCCSCCCC[C@H](O)c1ccc(O)c2[nH]c(=O)sc12)CCc1ccccc1Cl. The number of amides is 1. The van der Waals surface area contributed by atoms with Gasteiger partial charge in [0.1, 0.15) is 16.9 Å². The maximum Gasteiger partial charge on any atom is 0.410 e. The van der Waals surface area contributed by atoms with Crippen LogP contribution in [0.15, 0.2) is 41.2 Å². The number of aliphatic hydroxyl groups excluding tert-OH is 1. The van der Waals surface area contributed by atoms with Gasteiger partial charge in [0, 0.05) is 23.7 Å². The van der Waals surface area contributed by atoms with Gasteiger partial charge < -0.3 is 24.8 Å². The fourth-order valence-corrected chi connectivity index (χ4v) is 6.13. The average Bonchev–Trinajstić information content (AvgIpc) is 3.24. The predicted molar refractivity (Wildman–Crippen MR) is 158 cm³/mol. The van der Waals surface area contributed by atoms with Crippen LogP contribution in [0.3, 0.4) is 0 Å². The van der Waals surface area contributed by atoms with E-state index in [1.807, 2.05) is 56.8 Å². The van der Waals surface area contributed by atoms with Crippen LogP contribution in [0.25, 0.3) is 10.2 Å². The third-order valence-corrected chi connectivity index (χ3v) is 8.40. The first-order chi connectivity index (χ1) is 18.0. The molecule has 1 heterocycles. The van der Waals surface area contributed by atoms with Gasteiger partial charge in [0.25, 0.3) is 0 Å². The van der Waals surface area contributed by atoms with Gasteiger partial charge in [0.05, 0.1) is 10.8 Å². The van der Waals surface area contributed by atoms with Crippen molar-refractivity contribution in [3.05, 3.63) is 62.2 Å². The van der Waals surface area contributed by atoms with Gasteiger partial charge in [-0.2, -0.15) is 11.8 Å². The van der Waals surface area contributed by atoms with Crippen LogP contribution in [0.5, 0.6) is 5.75 Å². The zero-order valence-electron chi connectivity index (χ0n) is 22.2. The lowest BCUT2D eigenvalue weighted by molar-refractivity contribution is 0.0252. The molecule has 1 amide bonds. The molecule has 10 heteroatoms. The third kappa shape index (κ3) is 9.22. The number of hydrogen-bond donors (Lipinski definition) is 3. The van der Waals surface area contributed by atoms with Gasteiger partial charge in [-0.25, -0.2) is 4.79 Å². The molecule has 0 fully saturated rings. The molecule has 3 aromatic rings. The molecule has 0 spiro atoms. The van der Waals surface area contributed by atoms with E-state index in [2.05, 4.69) is 4.98 Å². The lowest BCUT2D eigenvalue weighted by Gasteiger charge is -2.27. The van der Waals surface area contributed by atoms with E-state index in [4.69, 9.17) is 16.3 Å². The number of carbonyl (C=O) groups excluding carboxylic acids is 1. The number of ether oxygens (including phenoxy) is 1. The third-order valence-electron chi connectivity index (χ3n) is 5.94. The van der Waals surface area contributed by atoms with E-state index in [1.54, 1.807) is 11.0 Å². The minimum atomic E-state index is -0.685. The molecule has 0 aliphatic heterocycles. The largest absolute Gasteiger partial charge is 0.506 e. The highest BCUT2D eigenvalue weighted by Crippen LogP contribution is 2.33. The molecular formula is C28H37ClN2O5S2. The number of aromatic amines is 1. The second-order valence-electron chi connectivity index (χ2n) is 10.2. The van der Waals surface area contributed by atoms with E-state index in [0.29, 0.717) is 46.7 Å². The standard InChI is InChI=1S/C28H37ClN2O5S2/c1-28(2,3)36-27(35)31(16-14-19-9-4-5-10-21(19)29)15-8-18-37-17-7-6-11-22(32)20-12-13-23(33)24-25(20)38-26(34)30-24/h4-5,9-10,12-13,22,32-33H,6-8,11,14-18H2,1-3H3,(H,30,34)/t22-/m0/s1. The summed E-state index contributed by atoms with van der Waals surface area (Å²) in [5, 5.41) is 21.3. The Morgan fingerprint density at radius 3 is 2.61 bits per heavy atom. The quantitative estimate of drug-likeness (QED) is 0.193. The first-order valence-corrected chi connectivity index (χ1v) is 15.2. The van der Waals surface area contributed by atoms with Crippen molar-refractivity contribution < 1.29 is 19.7 Å². The minimum Gasteiger partial charge on any atom is -0.506 e. The summed E-state index contributed by atoms with van der Waals surface area (Å²) in [5.74, 6) is 1.89. The number of rotatable bonds is 13. The van der Waals surface area contributed by atoms with Gasteiger partial charge in [-0.05, 0) is 82.1 Å². The monoisotopic (exact) mass is 580 g/mol. The molecule has 0 bridgehead atoms.